The molecule has 0 heterocycles. The SMILES string of the molecule is CCCOc1c(Br)cc(/C=C/C(=O)[O-])cc1OC. The molecule has 0 aromatic heterocycles. The van der Waals surface area contributed by atoms with E-state index in [2.05, 4.69) is 15.9 Å². The lowest BCUT2D eigenvalue weighted by atomic mass is 10.2. The van der Waals surface area contributed by atoms with Gasteiger partial charge in [0.05, 0.1) is 24.2 Å². The van der Waals surface area contributed by atoms with Crippen LogP contribution in [0, 0.1) is 0 Å². The first kappa shape index (κ1) is 14.6. The fourth-order valence-corrected chi connectivity index (χ4v) is 1.92. The number of carbonyl (C=O) groups is 1. The van der Waals surface area contributed by atoms with Crippen molar-refractivity contribution in [2.75, 3.05) is 13.7 Å². The largest absolute Gasteiger partial charge is 0.545 e. The van der Waals surface area contributed by atoms with Crippen LogP contribution in [0.15, 0.2) is 22.7 Å². The van der Waals surface area contributed by atoms with Crippen LogP contribution in [0.25, 0.3) is 6.08 Å². The number of ether oxygens (including phenoxy) is 2. The molecular formula is C13H14BrO4-. The quantitative estimate of drug-likeness (QED) is 0.754. The van der Waals surface area contributed by atoms with Crippen LogP contribution in [0.5, 0.6) is 11.5 Å². The molecule has 0 amide bonds. The van der Waals surface area contributed by atoms with Crippen molar-refractivity contribution in [3.8, 4) is 11.5 Å². The molecule has 0 N–H and O–H groups in total. The minimum absolute atomic E-state index is 0.552. The van der Waals surface area contributed by atoms with E-state index in [1.165, 1.54) is 13.2 Å². The Hall–Kier alpha value is -1.49. The standard InChI is InChI=1S/C13H15BrO4/c1-3-6-18-13-10(14)7-9(4-5-12(15)16)8-11(13)17-2/h4-5,7-8H,3,6H2,1-2H3,(H,15,16)/p-1/b5-4+. The lowest BCUT2D eigenvalue weighted by Gasteiger charge is -2.13. The molecule has 0 fully saturated rings. The minimum Gasteiger partial charge on any atom is -0.545 e. The summed E-state index contributed by atoms with van der Waals surface area (Å²) in [6.45, 7) is 2.60. The van der Waals surface area contributed by atoms with Gasteiger partial charge < -0.3 is 19.4 Å². The number of carboxylic acids is 1. The van der Waals surface area contributed by atoms with Crippen LogP contribution in [0.4, 0.5) is 0 Å². The molecule has 0 aliphatic rings. The molecule has 5 heteroatoms. The lowest BCUT2D eigenvalue weighted by molar-refractivity contribution is -0.297. The molecule has 18 heavy (non-hydrogen) atoms. The van der Waals surface area contributed by atoms with Gasteiger partial charge in [0.15, 0.2) is 11.5 Å². The van der Waals surface area contributed by atoms with Crippen LogP contribution in [0.3, 0.4) is 0 Å². The van der Waals surface area contributed by atoms with Gasteiger partial charge in [-0.15, -0.1) is 0 Å². The number of benzene rings is 1. The first-order chi connectivity index (χ1) is 8.58. The fourth-order valence-electron chi connectivity index (χ4n) is 1.34. The van der Waals surface area contributed by atoms with E-state index in [0.29, 0.717) is 28.1 Å². The molecule has 0 aliphatic carbocycles. The second-order valence-electron chi connectivity index (χ2n) is 3.53. The van der Waals surface area contributed by atoms with Crippen molar-refractivity contribution in [2.45, 2.75) is 13.3 Å². The summed E-state index contributed by atoms with van der Waals surface area (Å²) in [6.07, 6.45) is 3.29. The van der Waals surface area contributed by atoms with E-state index in [-0.39, 0.29) is 0 Å². The summed E-state index contributed by atoms with van der Waals surface area (Å²) in [7, 11) is 1.53. The zero-order chi connectivity index (χ0) is 13.5. The van der Waals surface area contributed by atoms with Gasteiger partial charge in [-0.3, -0.25) is 0 Å². The second kappa shape index (κ2) is 7.06. The normalized spacial score (nSPS) is 10.6. The van der Waals surface area contributed by atoms with Crippen LogP contribution >= 0.6 is 15.9 Å². The zero-order valence-corrected chi connectivity index (χ0v) is 11.8. The third kappa shape index (κ3) is 4.07. The molecule has 1 rings (SSSR count). The highest BCUT2D eigenvalue weighted by Crippen LogP contribution is 2.37. The Morgan fingerprint density at radius 2 is 2.22 bits per heavy atom. The maximum absolute atomic E-state index is 10.4. The summed E-state index contributed by atoms with van der Waals surface area (Å²) in [5.41, 5.74) is 0.687. The van der Waals surface area contributed by atoms with Crippen LogP contribution in [0.2, 0.25) is 0 Å². The van der Waals surface area contributed by atoms with E-state index < -0.39 is 5.97 Å². The number of hydrogen-bond donors (Lipinski definition) is 0. The van der Waals surface area contributed by atoms with Gasteiger partial charge in [0.25, 0.3) is 0 Å². The molecule has 0 atom stereocenters. The van der Waals surface area contributed by atoms with Crippen LogP contribution in [-0.2, 0) is 4.79 Å². The Morgan fingerprint density at radius 3 is 2.78 bits per heavy atom. The lowest BCUT2D eigenvalue weighted by Crippen LogP contribution is -2.18. The number of hydrogen-bond acceptors (Lipinski definition) is 4. The molecule has 0 spiro atoms. The van der Waals surface area contributed by atoms with E-state index in [4.69, 9.17) is 9.47 Å². The molecule has 0 bridgehead atoms. The van der Waals surface area contributed by atoms with E-state index in [1.807, 2.05) is 6.92 Å². The maximum Gasteiger partial charge on any atom is 0.175 e. The minimum atomic E-state index is -1.24. The predicted octanol–water partition coefficient (Wildman–Crippen LogP) is 2.01. The van der Waals surface area contributed by atoms with Crippen molar-refractivity contribution in [3.63, 3.8) is 0 Å². The topological polar surface area (TPSA) is 58.6 Å². The highest BCUT2D eigenvalue weighted by molar-refractivity contribution is 9.10. The second-order valence-corrected chi connectivity index (χ2v) is 4.39. The number of carbonyl (C=O) groups excluding carboxylic acids is 1. The zero-order valence-electron chi connectivity index (χ0n) is 10.2. The summed E-state index contributed by atoms with van der Waals surface area (Å²) in [6, 6.07) is 3.46. The van der Waals surface area contributed by atoms with Gasteiger partial charge in [0.1, 0.15) is 0 Å². The van der Waals surface area contributed by atoms with Gasteiger partial charge in [-0.05, 0) is 46.1 Å². The Balaban J connectivity index is 3.06. The first-order valence-corrected chi connectivity index (χ1v) is 6.27. The van der Waals surface area contributed by atoms with Crippen molar-refractivity contribution in [1.29, 1.82) is 0 Å². The summed E-state index contributed by atoms with van der Waals surface area (Å²) in [5.74, 6) is -0.0721. The fraction of sp³-hybridized carbons (Fsp3) is 0.308. The summed E-state index contributed by atoms with van der Waals surface area (Å²) in [4.78, 5) is 10.4. The first-order valence-electron chi connectivity index (χ1n) is 5.47. The maximum atomic E-state index is 10.4. The van der Waals surface area contributed by atoms with Crippen molar-refractivity contribution < 1.29 is 19.4 Å². The number of halogens is 1. The molecule has 1 aromatic carbocycles. The Labute approximate surface area is 114 Å². The van der Waals surface area contributed by atoms with Gasteiger partial charge in [0, 0.05) is 0 Å². The molecule has 0 radical (unpaired) electrons. The molecular weight excluding hydrogens is 300 g/mol. The van der Waals surface area contributed by atoms with E-state index in [1.54, 1.807) is 12.1 Å². The summed E-state index contributed by atoms with van der Waals surface area (Å²) >= 11 is 3.37. The van der Waals surface area contributed by atoms with Crippen molar-refractivity contribution in [2.24, 2.45) is 0 Å². The Morgan fingerprint density at radius 1 is 1.50 bits per heavy atom. The van der Waals surface area contributed by atoms with Gasteiger partial charge >= 0.3 is 0 Å². The van der Waals surface area contributed by atoms with E-state index in [0.717, 1.165) is 12.5 Å². The summed E-state index contributed by atoms with van der Waals surface area (Å²) in [5, 5.41) is 10.4. The molecule has 0 saturated heterocycles. The molecule has 4 nitrogen and oxygen atoms in total. The highest BCUT2D eigenvalue weighted by atomic mass is 79.9. The number of aliphatic carboxylic acids is 1. The van der Waals surface area contributed by atoms with Gasteiger partial charge in [-0.1, -0.05) is 13.0 Å². The Bertz CT molecular complexity index is 455. The molecule has 0 saturated carbocycles. The Kier molecular flexibility index (Phi) is 5.71. The average molecular weight is 314 g/mol. The van der Waals surface area contributed by atoms with Crippen LogP contribution in [-0.4, -0.2) is 19.7 Å². The monoisotopic (exact) mass is 313 g/mol. The number of rotatable bonds is 6. The molecule has 0 aliphatic heterocycles. The van der Waals surface area contributed by atoms with Gasteiger partial charge in [-0.25, -0.2) is 0 Å². The van der Waals surface area contributed by atoms with Crippen molar-refractivity contribution in [3.05, 3.63) is 28.2 Å². The molecule has 98 valence electrons. The van der Waals surface area contributed by atoms with E-state index in [9.17, 15) is 9.90 Å². The molecule has 1 aromatic rings. The van der Waals surface area contributed by atoms with E-state index >= 15 is 0 Å². The average Bonchev–Trinajstić information content (AvgIpc) is 2.34. The number of methoxy groups -OCH3 is 1. The van der Waals surface area contributed by atoms with Crippen LogP contribution in [0.1, 0.15) is 18.9 Å². The van der Waals surface area contributed by atoms with Crippen molar-refractivity contribution >= 4 is 28.0 Å². The van der Waals surface area contributed by atoms with Crippen molar-refractivity contribution in [1.82, 2.24) is 0 Å². The highest BCUT2D eigenvalue weighted by Gasteiger charge is 2.10. The third-order valence-corrected chi connectivity index (χ3v) is 2.70. The smallest absolute Gasteiger partial charge is 0.175 e. The number of carboxylic acid groups (broad SMARTS) is 1. The molecule has 0 unspecified atom stereocenters. The third-order valence-electron chi connectivity index (χ3n) is 2.11. The summed E-state index contributed by atoms with van der Waals surface area (Å²) < 4.78 is 11.5. The predicted molar refractivity (Wildman–Crippen MR) is 70.5 cm³/mol. The van der Waals surface area contributed by atoms with Crippen LogP contribution < -0.4 is 14.6 Å². The van der Waals surface area contributed by atoms with Gasteiger partial charge in [0.2, 0.25) is 0 Å². The van der Waals surface area contributed by atoms with Gasteiger partial charge in [-0.2, -0.15) is 0 Å².